The second kappa shape index (κ2) is 8.59. The molecule has 0 radical (unpaired) electrons. The number of hydrogen-bond donors (Lipinski definition) is 3. The predicted octanol–water partition coefficient (Wildman–Crippen LogP) is 1.58. The summed E-state index contributed by atoms with van der Waals surface area (Å²) in [6, 6.07) is 5.58. The van der Waals surface area contributed by atoms with Gasteiger partial charge in [-0.25, -0.2) is 9.97 Å². The maximum Gasteiger partial charge on any atom is 0.257 e. The van der Waals surface area contributed by atoms with Gasteiger partial charge < -0.3 is 29.8 Å². The summed E-state index contributed by atoms with van der Waals surface area (Å²) in [5.74, 6) is 1.21. The van der Waals surface area contributed by atoms with E-state index < -0.39 is 6.10 Å². The molecule has 182 valence electrons. The van der Waals surface area contributed by atoms with Crippen LogP contribution in [0.5, 0.6) is 0 Å². The van der Waals surface area contributed by atoms with E-state index in [-0.39, 0.29) is 24.1 Å². The molecule has 2 aromatic rings. The zero-order valence-corrected chi connectivity index (χ0v) is 19.5. The van der Waals surface area contributed by atoms with E-state index in [4.69, 9.17) is 14.5 Å². The number of anilines is 1. The molecule has 5 heterocycles. The van der Waals surface area contributed by atoms with Gasteiger partial charge in [-0.15, -0.1) is 0 Å². The minimum absolute atomic E-state index is 0.0111. The largest absolute Gasteiger partial charge is 0.388 e. The van der Waals surface area contributed by atoms with Crippen LogP contribution >= 0.6 is 0 Å². The van der Waals surface area contributed by atoms with Crippen molar-refractivity contribution >= 4 is 17.4 Å². The van der Waals surface area contributed by atoms with Crippen LogP contribution in [0.15, 0.2) is 36.8 Å². The summed E-state index contributed by atoms with van der Waals surface area (Å²) in [6.07, 6.45) is 6.49. The number of carbonyl (C=O) groups is 1. The minimum atomic E-state index is -0.586. The number of hydrogen-bond acceptors (Lipinski definition) is 8. The topological polar surface area (TPSA) is 128 Å². The number of ether oxygens (including phenoxy) is 2. The first-order chi connectivity index (χ1) is 17.1. The summed E-state index contributed by atoms with van der Waals surface area (Å²) >= 11 is 0. The number of amides is 1. The van der Waals surface area contributed by atoms with Gasteiger partial charge in [0.15, 0.2) is 5.65 Å². The molecule has 6 rings (SSSR count). The zero-order valence-electron chi connectivity index (χ0n) is 19.5. The van der Waals surface area contributed by atoms with E-state index in [2.05, 4.69) is 20.7 Å². The predicted molar refractivity (Wildman–Crippen MR) is 128 cm³/mol. The summed E-state index contributed by atoms with van der Waals surface area (Å²) in [4.78, 5) is 22.6. The first-order valence-electron chi connectivity index (χ1n) is 11.7. The molecule has 0 bridgehead atoms. The molecule has 11 heteroatoms. The third-order valence-corrected chi connectivity index (χ3v) is 7.06. The average Bonchev–Trinajstić information content (AvgIpc) is 3.59. The quantitative estimate of drug-likeness (QED) is 0.382. The average molecular weight is 478 g/mol. The fraction of sp³-hybridized carbons (Fsp3) is 0.417. The van der Waals surface area contributed by atoms with Gasteiger partial charge in [0.1, 0.15) is 23.3 Å². The van der Waals surface area contributed by atoms with Crippen molar-refractivity contribution in [1.29, 1.82) is 0 Å². The Bertz CT molecular complexity index is 1360. The van der Waals surface area contributed by atoms with Crippen molar-refractivity contribution in [1.82, 2.24) is 29.5 Å². The second-order valence-corrected chi connectivity index (χ2v) is 9.00. The summed E-state index contributed by atoms with van der Waals surface area (Å²) in [5, 5.41) is 20.9. The van der Waals surface area contributed by atoms with Crippen LogP contribution < -0.4 is 10.6 Å². The van der Waals surface area contributed by atoms with Crippen LogP contribution in [0.2, 0.25) is 0 Å². The Hall–Kier alpha value is -3.54. The molecule has 0 spiro atoms. The van der Waals surface area contributed by atoms with Crippen molar-refractivity contribution in [2.45, 2.75) is 37.1 Å². The standard InChI is InChI=1S/C24H27N7O4/c1-25-21-8-17(14-9-26-22-13(14)4-3-7-30(22)18-11-35-12-19(18)32)28-23-15(10-27-31(21)23)24(33)29-16-5-6-20(16)34-2/h3-4,7-10,16,18-20,25,32H,5-6,11-12H2,1-2H3,(H,29,33)/t16-,18-,19-,20-/m1/s1. The molecule has 0 aromatic carbocycles. The highest BCUT2D eigenvalue weighted by Crippen LogP contribution is 2.36. The Morgan fingerprint density at radius 3 is 2.86 bits per heavy atom. The van der Waals surface area contributed by atoms with Gasteiger partial charge >= 0.3 is 0 Å². The number of methoxy groups -OCH3 is 1. The van der Waals surface area contributed by atoms with Crippen molar-refractivity contribution < 1.29 is 19.4 Å². The number of rotatable bonds is 6. The molecule has 3 aliphatic heterocycles. The molecular formula is C24H27N7O4. The van der Waals surface area contributed by atoms with E-state index in [0.717, 1.165) is 29.8 Å². The third-order valence-electron chi connectivity index (χ3n) is 7.06. The van der Waals surface area contributed by atoms with Gasteiger partial charge in [-0.3, -0.25) is 4.79 Å². The minimum Gasteiger partial charge on any atom is -0.388 e. The molecular weight excluding hydrogens is 450 g/mol. The van der Waals surface area contributed by atoms with Gasteiger partial charge in [-0.1, -0.05) is 0 Å². The van der Waals surface area contributed by atoms with Gasteiger partial charge in [0.05, 0.1) is 43.3 Å². The normalized spacial score (nSPS) is 24.1. The summed E-state index contributed by atoms with van der Waals surface area (Å²) in [6.45, 7) is 0.740. The van der Waals surface area contributed by atoms with Gasteiger partial charge in [0.25, 0.3) is 5.91 Å². The molecule has 1 saturated carbocycles. The Labute approximate surface area is 201 Å². The Morgan fingerprint density at radius 2 is 2.14 bits per heavy atom. The molecule has 1 saturated heterocycles. The van der Waals surface area contributed by atoms with E-state index in [0.29, 0.717) is 35.9 Å². The maximum atomic E-state index is 13.1. The Balaban J connectivity index is 1.39. The molecule has 2 fully saturated rings. The van der Waals surface area contributed by atoms with Gasteiger partial charge in [0.2, 0.25) is 0 Å². The van der Waals surface area contributed by atoms with E-state index >= 15 is 0 Å². The van der Waals surface area contributed by atoms with Crippen LogP contribution in [-0.2, 0) is 9.47 Å². The lowest BCUT2D eigenvalue weighted by molar-refractivity contribution is 0.00732. The van der Waals surface area contributed by atoms with Crippen LogP contribution in [0.3, 0.4) is 0 Å². The molecule has 1 aliphatic carbocycles. The summed E-state index contributed by atoms with van der Waals surface area (Å²) < 4.78 is 14.4. The molecule has 1 amide bonds. The van der Waals surface area contributed by atoms with Crippen molar-refractivity contribution in [2.24, 2.45) is 0 Å². The molecule has 3 N–H and O–H groups in total. The number of aromatic nitrogens is 5. The highest BCUT2D eigenvalue weighted by Gasteiger charge is 2.33. The first kappa shape index (κ1) is 22.0. The Morgan fingerprint density at radius 1 is 1.26 bits per heavy atom. The number of carbonyl (C=O) groups excluding carboxylic acids is 1. The van der Waals surface area contributed by atoms with Crippen LogP contribution in [0.4, 0.5) is 5.82 Å². The van der Waals surface area contributed by atoms with E-state index in [1.807, 2.05) is 29.0 Å². The van der Waals surface area contributed by atoms with Crippen molar-refractivity contribution in [2.75, 3.05) is 32.7 Å². The fourth-order valence-corrected chi connectivity index (χ4v) is 4.93. The second-order valence-electron chi connectivity index (χ2n) is 9.00. The lowest BCUT2D eigenvalue weighted by Crippen LogP contribution is -2.51. The van der Waals surface area contributed by atoms with Crippen LogP contribution in [0.1, 0.15) is 29.2 Å². The number of nitrogens with zero attached hydrogens (tertiary/aromatic N) is 5. The van der Waals surface area contributed by atoms with Gasteiger partial charge in [-0.05, 0) is 25.0 Å². The zero-order chi connectivity index (χ0) is 24.1. The van der Waals surface area contributed by atoms with Gasteiger partial charge in [-0.2, -0.15) is 9.61 Å². The fourth-order valence-electron chi connectivity index (χ4n) is 4.93. The molecule has 4 aliphatic rings. The number of aliphatic hydroxyl groups is 1. The number of aliphatic hydroxyl groups excluding tert-OH is 1. The smallest absolute Gasteiger partial charge is 0.257 e. The van der Waals surface area contributed by atoms with Crippen LogP contribution in [0, 0.1) is 0 Å². The molecule has 11 nitrogen and oxygen atoms in total. The highest BCUT2D eigenvalue weighted by atomic mass is 16.5. The molecule has 0 unspecified atom stereocenters. The monoisotopic (exact) mass is 477 g/mol. The van der Waals surface area contributed by atoms with E-state index in [1.54, 1.807) is 31.1 Å². The van der Waals surface area contributed by atoms with Crippen molar-refractivity contribution in [3.8, 4) is 22.6 Å². The first-order valence-corrected chi connectivity index (χ1v) is 11.7. The summed E-state index contributed by atoms with van der Waals surface area (Å²) in [5.41, 5.74) is 3.24. The van der Waals surface area contributed by atoms with Crippen LogP contribution in [-0.4, -0.2) is 80.8 Å². The number of pyridine rings is 1. The third kappa shape index (κ3) is 3.54. The van der Waals surface area contributed by atoms with E-state index in [9.17, 15) is 9.90 Å². The summed E-state index contributed by atoms with van der Waals surface area (Å²) in [7, 11) is 3.46. The van der Waals surface area contributed by atoms with Crippen LogP contribution in [0.25, 0.3) is 28.3 Å². The number of nitrogens with one attached hydrogen (secondary N) is 2. The van der Waals surface area contributed by atoms with Crippen molar-refractivity contribution in [3.63, 3.8) is 0 Å². The lowest BCUT2D eigenvalue weighted by atomic mass is 9.89. The van der Waals surface area contributed by atoms with Crippen molar-refractivity contribution in [3.05, 3.63) is 42.4 Å². The molecule has 35 heavy (non-hydrogen) atoms. The maximum absolute atomic E-state index is 13.1. The molecule has 4 atom stereocenters. The van der Waals surface area contributed by atoms with E-state index in [1.165, 1.54) is 0 Å². The highest BCUT2D eigenvalue weighted by molar-refractivity contribution is 6.00. The Kier molecular flexibility index (Phi) is 5.39. The SMILES string of the molecule is CNc1cc(-c2cnc3n([C@@H]4COC[C@H]4O)cccc2-3)nc2c(C(=O)N[C@@H]3CC[C@H]3OC)cnn12. The lowest BCUT2D eigenvalue weighted by Gasteiger charge is -2.35. The van der Waals surface area contributed by atoms with Gasteiger partial charge in [0, 0.05) is 43.7 Å². The number of fused-ring (bicyclic) bond motifs is 2. The molecule has 2 aromatic heterocycles.